The van der Waals surface area contributed by atoms with Crippen molar-refractivity contribution in [2.45, 2.75) is 39.2 Å². The number of fused-ring (bicyclic) bond motifs is 1. The zero-order valence-electron chi connectivity index (χ0n) is 12.7. The second kappa shape index (κ2) is 4.49. The fourth-order valence-corrected chi connectivity index (χ4v) is 3.18. The van der Waals surface area contributed by atoms with Crippen LogP contribution in [-0.2, 0) is 16.8 Å². The summed E-state index contributed by atoms with van der Waals surface area (Å²) in [4.78, 5) is 0. The molecule has 1 aliphatic rings. The van der Waals surface area contributed by atoms with Crippen LogP contribution >= 0.6 is 0 Å². The van der Waals surface area contributed by atoms with Crippen molar-refractivity contribution in [2.75, 3.05) is 7.11 Å². The summed E-state index contributed by atoms with van der Waals surface area (Å²) in [7, 11) is 1.80. The van der Waals surface area contributed by atoms with Crippen LogP contribution in [0.1, 0.15) is 38.5 Å². The Morgan fingerprint density at radius 1 is 1.10 bits per heavy atom. The van der Waals surface area contributed by atoms with Gasteiger partial charge in [-0.2, -0.15) is 0 Å². The third-order valence-electron chi connectivity index (χ3n) is 5.06. The minimum atomic E-state index is -0.295. The highest BCUT2D eigenvalue weighted by Crippen LogP contribution is 2.51. The Labute approximate surface area is 120 Å². The molecule has 0 saturated heterocycles. The first-order valence-corrected chi connectivity index (χ1v) is 7.22. The van der Waals surface area contributed by atoms with Crippen molar-refractivity contribution in [3.8, 4) is 11.3 Å². The highest BCUT2D eigenvalue weighted by Gasteiger charge is 2.48. The van der Waals surface area contributed by atoms with Gasteiger partial charge < -0.3 is 9.15 Å². The Morgan fingerprint density at radius 3 is 2.45 bits per heavy atom. The monoisotopic (exact) mass is 270 g/mol. The second-order valence-electron chi connectivity index (χ2n) is 6.43. The van der Waals surface area contributed by atoms with Crippen LogP contribution in [0.2, 0.25) is 0 Å². The van der Waals surface area contributed by atoms with Crippen LogP contribution in [-0.4, -0.2) is 7.11 Å². The summed E-state index contributed by atoms with van der Waals surface area (Å²) in [6.07, 6.45) is 2.06. The molecule has 2 nitrogen and oxygen atoms in total. The molecule has 1 aromatic heterocycles. The van der Waals surface area contributed by atoms with Gasteiger partial charge in [-0.3, -0.25) is 0 Å². The average molecular weight is 270 g/mol. The van der Waals surface area contributed by atoms with Crippen molar-refractivity contribution in [1.29, 1.82) is 0 Å². The number of aryl methyl sites for hydroxylation is 1. The van der Waals surface area contributed by atoms with E-state index in [1.54, 1.807) is 7.11 Å². The summed E-state index contributed by atoms with van der Waals surface area (Å²) >= 11 is 0. The Hall–Kier alpha value is -1.54. The average Bonchev–Trinajstić information content (AvgIpc) is 2.89. The summed E-state index contributed by atoms with van der Waals surface area (Å²) in [5.41, 5.74) is 2.14. The Morgan fingerprint density at radius 2 is 1.80 bits per heavy atom. The van der Waals surface area contributed by atoms with Crippen molar-refractivity contribution in [2.24, 2.45) is 5.41 Å². The minimum absolute atomic E-state index is 0.104. The van der Waals surface area contributed by atoms with Gasteiger partial charge in [0.2, 0.25) is 0 Å². The van der Waals surface area contributed by atoms with Gasteiger partial charge in [0, 0.05) is 24.7 Å². The quantitative estimate of drug-likeness (QED) is 0.783. The number of furan rings is 1. The van der Waals surface area contributed by atoms with Gasteiger partial charge >= 0.3 is 0 Å². The summed E-state index contributed by atoms with van der Waals surface area (Å²) in [6, 6.07) is 12.4. The van der Waals surface area contributed by atoms with Crippen LogP contribution in [0.4, 0.5) is 0 Å². The van der Waals surface area contributed by atoms with E-state index in [1.165, 1.54) is 5.56 Å². The van der Waals surface area contributed by atoms with E-state index < -0.39 is 0 Å². The van der Waals surface area contributed by atoms with E-state index in [1.807, 2.05) is 18.2 Å². The van der Waals surface area contributed by atoms with Gasteiger partial charge in [-0.05, 0) is 24.8 Å². The lowest BCUT2D eigenvalue weighted by atomic mass is 9.65. The predicted molar refractivity (Wildman–Crippen MR) is 80.6 cm³/mol. The zero-order valence-corrected chi connectivity index (χ0v) is 12.7. The number of hydrogen-bond acceptors (Lipinski definition) is 2. The first-order valence-electron chi connectivity index (χ1n) is 7.22. The van der Waals surface area contributed by atoms with E-state index in [0.29, 0.717) is 0 Å². The van der Waals surface area contributed by atoms with Crippen molar-refractivity contribution in [1.82, 2.24) is 0 Å². The fraction of sp³-hybridized carbons (Fsp3) is 0.444. The number of hydrogen-bond donors (Lipinski definition) is 0. The standard InChI is InChI=1S/C18H22O2/c1-17(2)11-10-15-14(18(17,3)19-4)12-16(20-15)13-8-6-5-7-9-13/h5-9,12H,10-11H2,1-4H3. The van der Waals surface area contributed by atoms with Crippen molar-refractivity contribution >= 4 is 0 Å². The molecule has 0 amide bonds. The first kappa shape index (κ1) is 13.4. The maximum absolute atomic E-state index is 6.10. The van der Waals surface area contributed by atoms with E-state index in [0.717, 1.165) is 29.9 Å². The van der Waals surface area contributed by atoms with Gasteiger partial charge in [0.15, 0.2) is 0 Å². The van der Waals surface area contributed by atoms with Crippen LogP contribution in [0, 0.1) is 5.41 Å². The van der Waals surface area contributed by atoms with Crippen LogP contribution < -0.4 is 0 Å². The molecule has 0 fully saturated rings. The fourth-order valence-electron chi connectivity index (χ4n) is 3.18. The normalized spacial score (nSPS) is 24.4. The van der Waals surface area contributed by atoms with E-state index in [4.69, 9.17) is 9.15 Å². The smallest absolute Gasteiger partial charge is 0.134 e. The number of rotatable bonds is 2. The minimum Gasteiger partial charge on any atom is -0.461 e. The van der Waals surface area contributed by atoms with Gasteiger partial charge in [0.25, 0.3) is 0 Å². The third kappa shape index (κ3) is 1.82. The lowest BCUT2D eigenvalue weighted by Gasteiger charge is -2.46. The third-order valence-corrected chi connectivity index (χ3v) is 5.06. The molecule has 3 rings (SSSR count). The molecule has 1 atom stereocenters. The van der Waals surface area contributed by atoms with E-state index in [9.17, 15) is 0 Å². The predicted octanol–water partition coefficient (Wildman–Crippen LogP) is 4.78. The molecular formula is C18H22O2. The molecule has 106 valence electrons. The molecule has 1 unspecified atom stereocenters. The molecule has 0 saturated carbocycles. The molecule has 0 aliphatic heterocycles. The molecule has 0 N–H and O–H groups in total. The van der Waals surface area contributed by atoms with Gasteiger partial charge in [-0.25, -0.2) is 0 Å². The maximum Gasteiger partial charge on any atom is 0.134 e. The van der Waals surface area contributed by atoms with Crippen molar-refractivity contribution < 1.29 is 9.15 Å². The van der Waals surface area contributed by atoms with Crippen LogP contribution in [0.3, 0.4) is 0 Å². The van der Waals surface area contributed by atoms with Crippen LogP contribution in [0.15, 0.2) is 40.8 Å². The van der Waals surface area contributed by atoms with E-state index >= 15 is 0 Å². The number of ether oxygens (including phenoxy) is 1. The van der Waals surface area contributed by atoms with Gasteiger partial charge in [-0.15, -0.1) is 0 Å². The van der Waals surface area contributed by atoms with Gasteiger partial charge in [-0.1, -0.05) is 44.2 Å². The molecule has 2 aromatic rings. The summed E-state index contributed by atoms with van der Waals surface area (Å²) < 4.78 is 12.0. The highest BCUT2D eigenvalue weighted by molar-refractivity contribution is 5.59. The maximum atomic E-state index is 6.10. The van der Waals surface area contributed by atoms with E-state index in [-0.39, 0.29) is 11.0 Å². The molecule has 1 heterocycles. The summed E-state index contributed by atoms with van der Waals surface area (Å²) in [5.74, 6) is 2.02. The number of methoxy groups -OCH3 is 1. The zero-order chi connectivity index (χ0) is 14.4. The molecule has 0 spiro atoms. The Balaban J connectivity index is 2.12. The van der Waals surface area contributed by atoms with Crippen molar-refractivity contribution in [3.63, 3.8) is 0 Å². The Kier molecular flexibility index (Phi) is 3.02. The second-order valence-corrected chi connectivity index (χ2v) is 6.43. The molecule has 20 heavy (non-hydrogen) atoms. The summed E-state index contributed by atoms with van der Waals surface area (Å²) in [5, 5.41) is 0. The molecule has 1 aromatic carbocycles. The topological polar surface area (TPSA) is 22.4 Å². The molecule has 0 radical (unpaired) electrons. The number of benzene rings is 1. The molecule has 2 heteroatoms. The summed E-state index contributed by atoms with van der Waals surface area (Å²) in [6.45, 7) is 6.72. The van der Waals surface area contributed by atoms with Gasteiger partial charge in [0.05, 0.1) is 5.60 Å². The molecule has 1 aliphatic carbocycles. The van der Waals surface area contributed by atoms with Crippen LogP contribution in [0.25, 0.3) is 11.3 Å². The first-order chi connectivity index (χ1) is 9.48. The van der Waals surface area contributed by atoms with Crippen molar-refractivity contribution in [3.05, 3.63) is 47.7 Å². The largest absolute Gasteiger partial charge is 0.461 e. The lowest BCUT2D eigenvalue weighted by Crippen LogP contribution is -2.44. The lowest BCUT2D eigenvalue weighted by molar-refractivity contribution is -0.104. The Bertz CT molecular complexity index is 610. The highest BCUT2D eigenvalue weighted by atomic mass is 16.5. The molecular weight excluding hydrogens is 248 g/mol. The van der Waals surface area contributed by atoms with E-state index in [2.05, 4.69) is 39.0 Å². The molecule has 0 bridgehead atoms. The van der Waals surface area contributed by atoms with Crippen LogP contribution in [0.5, 0.6) is 0 Å². The SMILES string of the molecule is COC1(C)c2cc(-c3ccccc3)oc2CCC1(C)C. The van der Waals surface area contributed by atoms with Gasteiger partial charge in [0.1, 0.15) is 11.5 Å².